The maximum atomic E-state index is 12.2. The van der Waals surface area contributed by atoms with Gasteiger partial charge in [-0.05, 0) is 26.0 Å². The molecule has 0 N–H and O–H groups in total. The molecule has 0 saturated carbocycles. The lowest BCUT2D eigenvalue weighted by atomic mass is 10.1. The molecule has 1 aromatic rings. The maximum Gasteiger partial charge on any atom is 0.387 e. The van der Waals surface area contributed by atoms with Crippen LogP contribution in [0.1, 0.15) is 24.2 Å². The fourth-order valence-electron chi connectivity index (χ4n) is 1.27. The van der Waals surface area contributed by atoms with Crippen molar-refractivity contribution >= 4 is 5.91 Å². The Morgan fingerprint density at radius 1 is 1.29 bits per heavy atom. The van der Waals surface area contributed by atoms with E-state index >= 15 is 0 Å². The van der Waals surface area contributed by atoms with Gasteiger partial charge in [-0.15, -0.1) is 0 Å². The largest absolute Gasteiger partial charge is 0.434 e. The van der Waals surface area contributed by atoms with Crippen LogP contribution in [0, 0.1) is 0 Å². The molecule has 94 valence electrons. The highest BCUT2D eigenvalue weighted by atomic mass is 19.3. The molecule has 0 heterocycles. The summed E-state index contributed by atoms with van der Waals surface area (Å²) in [5.74, 6) is -0.434. The number of nitrogens with zero attached hydrogens (tertiary/aromatic N) is 1. The van der Waals surface area contributed by atoms with Gasteiger partial charge in [0.15, 0.2) is 0 Å². The number of rotatable bonds is 4. The molecular weight excluding hydrogens is 228 g/mol. The first-order chi connectivity index (χ1) is 7.93. The fraction of sp³-hybridized carbons (Fsp3) is 0.417. The molecule has 0 spiro atoms. The Labute approximate surface area is 99.0 Å². The van der Waals surface area contributed by atoms with E-state index in [9.17, 15) is 13.6 Å². The van der Waals surface area contributed by atoms with Gasteiger partial charge in [-0.3, -0.25) is 4.79 Å². The maximum absolute atomic E-state index is 12.2. The molecule has 5 heteroatoms. The second kappa shape index (κ2) is 5.61. The van der Waals surface area contributed by atoms with Gasteiger partial charge in [-0.1, -0.05) is 12.1 Å². The van der Waals surface area contributed by atoms with E-state index in [1.54, 1.807) is 19.2 Å². The monoisotopic (exact) mass is 243 g/mol. The molecule has 0 saturated heterocycles. The number of carbonyl (C=O) groups excluding carboxylic acids is 1. The van der Waals surface area contributed by atoms with Crippen LogP contribution in [0.5, 0.6) is 5.75 Å². The van der Waals surface area contributed by atoms with Gasteiger partial charge < -0.3 is 9.64 Å². The van der Waals surface area contributed by atoms with E-state index in [0.29, 0.717) is 0 Å². The van der Waals surface area contributed by atoms with Gasteiger partial charge in [0, 0.05) is 13.1 Å². The van der Waals surface area contributed by atoms with Crippen LogP contribution in [0.3, 0.4) is 0 Å². The van der Waals surface area contributed by atoms with Gasteiger partial charge in [0.2, 0.25) is 0 Å². The summed E-state index contributed by atoms with van der Waals surface area (Å²) >= 11 is 0. The summed E-state index contributed by atoms with van der Waals surface area (Å²) in [6.07, 6.45) is 0. The zero-order valence-corrected chi connectivity index (χ0v) is 9.98. The van der Waals surface area contributed by atoms with Gasteiger partial charge in [0.25, 0.3) is 5.91 Å². The second-order valence-corrected chi connectivity index (χ2v) is 3.88. The second-order valence-electron chi connectivity index (χ2n) is 3.88. The van der Waals surface area contributed by atoms with Crippen molar-refractivity contribution in [3.63, 3.8) is 0 Å². The van der Waals surface area contributed by atoms with E-state index in [1.165, 1.54) is 17.0 Å². The first-order valence-corrected chi connectivity index (χ1v) is 5.24. The highest BCUT2D eigenvalue weighted by Gasteiger charge is 2.19. The summed E-state index contributed by atoms with van der Waals surface area (Å²) in [7, 11) is 1.62. The van der Waals surface area contributed by atoms with Crippen LogP contribution < -0.4 is 4.74 Å². The molecule has 0 aromatic heterocycles. The van der Waals surface area contributed by atoms with Crippen LogP contribution in [-0.2, 0) is 0 Å². The highest BCUT2D eigenvalue weighted by Crippen LogP contribution is 2.22. The molecule has 0 radical (unpaired) electrons. The standard InChI is InChI=1S/C12H15F2NO2/c1-8(2)15(3)11(16)9-6-4-5-7-10(9)17-12(13)14/h4-8,12H,1-3H3. The molecule has 0 unspecified atom stereocenters. The Kier molecular flexibility index (Phi) is 4.43. The van der Waals surface area contributed by atoms with Gasteiger partial charge in [0.05, 0.1) is 5.56 Å². The van der Waals surface area contributed by atoms with Crippen molar-refractivity contribution in [2.24, 2.45) is 0 Å². The molecule has 1 amide bonds. The van der Waals surface area contributed by atoms with Crippen LogP contribution in [-0.4, -0.2) is 30.5 Å². The summed E-state index contributed by atoms with van der Waals surface area (Å²) < 4.78 is 28.7. The minimum atomic E-state index is -2.94. The summed E-state index contributed by atoms with van der Waals surface area (Å²) in [6.45, 7) is 0.747. The number of benzene rings is 1. The SMILES string of the molecule is CC(C)N(C)C(=O)c1ccccc1OC(F)F. The molecule has 1 rings (SSSR count). The lowest BCUT2D eigenvalue weighted by Gasteiger charge is -2.22. The highest BCUT2D eigenvalue weighted by molar-refractivity contribution is 5.96. The smallest absolute Gasteiger partial charge is 0.387 e. The van der Waals surface area contributed by atoms with Crippen LogP contribution in [0.15, 0.2) is 24.3 Å². The summed E-state index contributed by atoms with van der Waals surface area (Å²) in [4.78, 5) is 13.5. The van der Waals surface area contributed by atoms with E-state index in [-0.39, 0.29) is 23.3 Å². The number of amides is 1. The van der Waals surface area contributed by atoms with E-state index < -0.39 is 6.61 Å². The van der Waals surface area contributed by atoms with Crippen molar-refractivity contribution in [2.45, 2.75) is 26.5 Å². The van der Waals surface area contributed by atoms with Crippen molar-refractivity contribution in [3.8, 4) is 5.75 Å². The van der Waals surface area contributed by atoms with Crippen molar-refractivity contribution in [3.05, 3.63) is 29.8 Å². The first kappa shape index (κ1) is 13.4. The van der Waals surface area contributed by atoms with E-state index in [1.807, 2.05) is 13.8 Å². The molecule has 0 aliphatic carbocycles. The zero-order chi connectivity index (χ0) is 13.0. The van der Waals surface area contributed by atoms with Gasteiger partial charge in [-0.2, -0.15) is 8.78 Å². The lowest BCUT2D eigenvalue weighted by molar-refractivity contribution is -0.0502. The topological polar surface area (TPSA) is 29.5 Å². The number of hydrogen-bond acceptors (Lipinski definition) is 2. The van der Waals surface area contributed by atoms with Gasteiger partial charge >= 0.3 is 6.61 Å². The third-order valence-corrected chi connectivity index (χ3v) is 2.43. The molecule has 3 nitrogen and oxygen atoms in total. The molecule has 0 aliphatic heterocycles. The average Bonchev–Trinajstić information content (AvgIpc) is 2.27. The Balaban J connectivity index is 3.00. The molecule has 1 aromatic carbocycles. The minimum absolute atomic E-state index is 0.0119. The summed E-state index contributed by atoms with van der Waals surface area (Å²) in [5, 5.41) is 0. The van der Waals surface area contributed by atoms with Crippen LogP contribution in [0.2, 0.25) is 0 Å². The lowest BCUT2D eigenvalue weighted by Crippen LogP contribution is -2.33. The number of ether oxygens (including phenoxy) is 1. The first-order valence-electron chi connectivity index (χ1n) is 5.24. The Morgan fingerprint density at radius 2 is 1.88 bits per heavy atom. The van der Waals surface area contributed by atoms with E-state index in [4.69, 9.17) is 0 Å². The van der Waals surface area contributed by atoms with Crippen LogP contribution in [0.4, 0.5) is 8.78 Å². The minimum Gasteiger partial charge on any atom is -0.434 e. The predicted molar refractivity (Wildman–Crippen MR) is 60.3 cm³/mol. The summed E-state index contributed by atoms with van der Waals surface area (Å²) in [5.41, 5.74) is 0.143. The van der Waals surface area contributed by atoms with E-state index in [0.717, 1.165) is 0 Å². The Morgan fingerprint density at radius 3 is 2.41 bits per heavy atom. The predicted octanol–water partition coefficient (Wildman–Crippen LogP) is 2.77. The molecule has 17 heavy (non-hydrogen) atoms. The van der Waals surface area contributed by atoms with Crippen LogP contribution >= 0.6 is 0 Å². The number of halogens is 2. The average molecular weight is 243 g/mol. The number of hydrogen-bond donors (Lipinski definition) is 0. The van der Waals surface area contributed by atoms with Gasteiger partial charge in [-0.25, -0.2) is 0 Å². The number of carbonyl (C=O) groups is 1. The fourth-order valence-corrected chi connectivity index (χ4v) is 1.27. The van der Waals surface area contributed by atoms with Gasteiger partial charge in [0.1, 0.15) is 5.75 Å². The van der Waals surface area contributed by atoms with Crippen molar-refractivity contribution in [1.29, 1.82) is 0 Å². The molecule has 0 atom stereocenters. The number of alkyl halides is 2. The molecule has 0 aliphatic rings. The number of para-hydroxylation sites is 1. The zero-order valence-electron chi connectivity index (χ0n) is 9.98. The Hall–Kier alpha value is -1.65. The van der Waals surface area contributed by atoms with Crippen molar-refractivity contribution < 1.29 is 18.3 Å². The van der Waals surface area contributed by atoms with Crippen molar-refractivity contribution in [2.75, 3.05) is 7.05 Å². The van der Waals surface area contributed by atoms with Crippen LogP contribution in [0.25, 0.3) is 0 Å². The third kappa shape index (κ3) is 3.41. The molecular formula is C12H15F2NO2. The van der Waals surface area contributed by atoms with E-state index in [2.05, 4.69) is 4.74 Å². The third-order valence-electron chi connectivity index (χ3n) is 2.43. The molecule has 0 bridgehead atoms. The molecule has 0 fully saturated rings. The van der Waals surface area contributed by atoms with Crippen molar-refractivity contribution in [1.82, 2.24) is 4.90 Å². The normalized spacial score (nSPS) is 10.8. The summed E-state index contributed by atoms with van der Waals surface area (Å²) in [6, 6.07) is 5.97. The Bertz CT molecular complexity index is 394. The quantitative estimate of drug-likeness (QED) is 0.813.